The first-order valence-electron chi connectivity index (χ1n) is 9.12. The Morgan fingerprint density at radius 3 is 2.79 bits per heavy atom. The van der Waals surface area contributed by atoms with Gasteiger partial charge in [-0.2, -0.15) is 0 Å². The van der Waals surface area contributed by atoms with E-state index in [2.05, 4.69) is 32.1 Å². The van der Waals surface area contributed by atoms with Gasteiger partial charge in [0.25, 0.3) is 0 Å². The summed E-state index contributed by atoms with van der Waals surface area (Å²) in [5.74, 6) is 0.442. The normalized spacial score (nSPS) is 10.7. The number of anilines is 1. The number of carbonyl (C=O) groups excluding carboxylic acids is 1. The van der Waals surface area contributed by atoms with Crippen LogP contribution in [0.3, 0.4) is 0 Å². The Labute approximate surface area is 177 Å². The van der Waals surface area contributed by atoms with E-state index in [1.165, 1.54) is 0 Å². The maximum absolute atomic E-state index is 12.7. The van der Waals surface area contributed by atoms with Crippen LogP contribution in [-0.4, -0.2) is 32.7 Å². The topological polar surface area (TPSA) is 64.1 Å². The molecule has 0 aliphatic rings. The fraction of sp³-hybridized carbons (Fsp3) is 0.0870. The Morgan fingerprint density at radius 2 is 1.97 bits per heavy atom. The number of nitrogens with zero attached hydrogens (tertiary/aromatic N) is 2. The van der Waals surface area contributed by atoms with Crippen LogP contribution in [0.1, 0.15) is 21.6 Å². The summed E-state index contributed by atoms with van der Waals surface area (Å²) >= 11 is 2.40. The second-order valence-electron chi connectivity index (χ2n) is 6.66. The van der Waals surface area contributed by atoms with Gasteiger partial charge in [-0.05, 0) is 31.2 Å². The zero-order valence-electron chi connectivity index (χ0n) is 15.8. The van der Waals surface area contributed by atoms with Crippen LogP contribution in [0.4, 0.5) is 5.69 Å². The van der Waals surface area contributed by atoms with Gasteiger partial charge in [-0.15, -0.1) is 0 Å². The predicted molar refractivity (Wildman–Crippen MR) is 115 cm³/mol. The van der Waals surface area contributed by atoms with E-state index in [0.717, 1.165) is 32.3 Å². The zero-order chi connectivity index (χ0) is 20.2. The van der Waals surface area contributed by atoms with Crippen molar-refractivity contribution in [3.8, 4) is 5.75 Å². The van der Waals surface area contributed by atoms with Crippen molar-refractivity contribution in [3.05, 3.63) is 89.7 Å². The van der Waals surface area contributed by atoms with Gasteiger partial charge < -0.3 is 0 Å². The van der Waals surface area contributed by atoms with Gasteiger partial charge in [0.05, 0.1) is 5.52 Å². The number of aryl methyl sites for hydroxylation is 1. The number of rotatable bonds is 5. The molecule has 4 aromatic rings. The number of pyridine rings is 2. The van der Waals surface area contributed by atoms with Crippen LogP contribution >= 0.6 is 0 Å². The first-order chi connectivity index (χ1) is 14.1. The molecule has 2 aromatic carbocycles. The Hall–Kier alpha value is -3.17. The molecule has 0 bridgehead atoms. The molecule has 2 radical (unpaired) electrons. The number of benzene rings is 2. The fourth-order valence-corrected chi connectivity index (χ4v) is 3.18. The van der Waals surface area contributed by atoms with Gasteiger partial charge in [-0.25, -0.2) is 0 Å². The van der Waals surface area contributed by atoms with Crippen LogP contribution in [-0.2, 0) is 6.61 Å². The summed E-state index contributed by atoms with van der Waals surface area (Å²) < 4.78 is 6.71. The maximum atomic E-state index is 12.7. The number of aromatic nitrogens is 2. The molecule has 0 aliphatic heterocycles. The van der Waals surface area contributed by atoms with Crippen LogP contribution in [0.25, 0.3) is 10.9 Å². The molecule has 0 aliphatic carbocycles. The number of hydrogen-bond acceptors (Lipinski definition) is 4. The van der Waals surface area contributed by atoms with Crippen molar-refractivity contribution < 1.29 is 9.53 Å². The van der Waals surface area contributed by atoms with Gasteiger partial charge in [0, 0.05) is 11.1 Å². The summed E-state index contributed by atoms with van der Waals surface area (Å²) in [6.45, 7) is 2.35. The van der Waals surface area contributed by atoms with E-state index in [1.54, 1.807) is 18.3 Å². The molecule has 142 valence electrons. The number of fused-ring (bicyclic) bond motifs is 1. The van der Waals surface area contributed by atoms with E-state index in [0.29, 0.717) is 17.9 Å². The standard InChI is InChI=1S/C23H18AsN3O2/c1-15-5-7-17-11-19(8-9-21(17)26-15)27-23(28)18-3-2-4-20(12-18)29-14-16-6-10-22(24)25-13-16/h2-13H,14H2,1H3,(H,27,28). The van der Waals surface area contributed by atoms with E-state index in [1.807, 2.05) is 61.5 Å². The molecule has 2 heterocycles. The molecule has 4 rings (SSSR count). The molecular weight excluding hydrogens is 425 g/mol. The van der Waals surface area contributed by atoms with Crippen molar-refractivity contribution in [2.45, 2.75) is 13.5 Å². The quantitative estimate of drug-likeness (QED) is 0.479. The first-order valence-corrected chi connectivity index (χ1v) is 10.1. The Morgan fingerprint density at radius 1 is 1.07 bits per heavy atom. The predicted octanol–water partition coefficient (Wildman–Crippen LogP) is 3.56. The molecule has 5 nitrogen and oxygen atoms in total. The smallest absolute Gasteiger partial charge is 0.0706 e. The number of carbonyl (C=O) groups is 1. The molecule has 0 saturated carbocycles. The van der Waals surface area contributed by atoms with Crippen molar-refractivity contribution in [1.29, 1.82) is 0 Å². The summed E-state index contributed by atoms with van der Waals surface area (Å²) in [5, 5.41) is 3.92. The van der Waals surface area contributed by atoms with Crippen molar-refractivity contribution in [2.24, 2.45) is 0 Å². The summed E-state index contributed by atoms with van der Waals surface area (Å²) in [7, 11) is 0. The molecule has 0 saturated heterocycles. The Bertz CT molecular complexity index is 1180. The number of amides is 1. The zero-order valence-corrected chi connectivity index (χ0v) is 17.7. The van der Waals surface area contributed by atoms with E-state index < -0.39 is 0 Å². The minimum absolute atomic E-state index is 0.190. The minimum Gasteiger partial charge on any atom is -0.253 e. The Kier molecular flexibility index (Phi) is 5.59. The summed E-state index contributed by atoms with van der Waals surface area (Å²) in [4.78, 5) is 21.4. The van der Waals surface area contributed by atoms with Gasteiger partial charge in [-0.1, -0.05) is 6.07 Å². The molecule has 2 aromatic heterocycles. The van der Waals surface area contributed by atoms with E-state index in [-0.39, 0.29) is 5.91 Å². The molecule has 0 spiro atoms. The van der Waals surface area contributed by atoms with Gasteiger partial charge >= 0.3 is 119 Å². The van der Waals surface area contributed by atoms with Gasteiger partial charge in [0.2, 0.25) is 0 Å². The first kappa shape index (κ1) is 19.2. The van der Waals surface area contributed by atoms with Crippen LogP contribution in [0.5, 0.6) is 5.75 Å². The van der Waals surface area contributed by atoms with E-state index >= 15 is 0 Å². The average Bonchev–Trinajstić information content (AvgIpc) is 2.73. The van der Waals surface area contributed by atoms with Gasteiger partial charge in [0.1, 0.15) is 0 Å². The average molecular weight is 443 g/mol. The van der Waals surface area contributed by atoms with Crippen LogP contribution in [0, 0.1) is 6.92 Å². The van der Waals surface area contributed by atoms with Crippen LogP contribution in [0.15, 0.2) is 72.9 Å². The van der Waals surface area contributed by atoms with Gasteiger partial charge in [-0.3, -0.25) is 4.98 Å². The van der Waals surface area contributed by atoms with Crippen molar-refractivity contribution >= 4 is 43.8 Å². The second-order valence-corrected chi connectivity index (χ2v) is 7.62. The Balaban J connectivity index is 1.45. The van der Waals surface area contributed by atoms with Crippen molar-refractivity contribution in [1.82, 2.24) is 9.97 Å². The van der Waals surface area contributed by atoms with Crippen LogP contribution < -0.4 is 14.5 Å². The maximum Gasteiger partial charge on any atom is 0.0706 e. The fourth-order valence-electron chi connectivity index (χ4n) is 2.90. The summed E-state index contributed by atoms with van der Waals surface area (Å²) in [6.07, 6.45) is 1.78. The van der Waals surface area contributed by atoms with Crippen LogP contribution in [0.2, 0.25) is 0 Å². The minimum atomic E-state index is -0.190. The summed E-state index contributed by atoms with van der Waals surface area (Å²) in [5.41, 5.74) is 4.09. The third kappa shape index (κ3) is 4.82. The second kappa shape index (κ2) is 8.46. The molecule has 1 amide bonds. The summed E-state index contributed by atoms with van der Waals surface area (Å²) in [6, 6.07) is 20.7. The number of hydrogen-bond donors (Lipinski definition) is 1. The molecule has 6 heteroatoms. The molecular formula is C23H18AsN3O2. The largest absolute Gasteiger partial charge is 0.253 e. The van der Waals surface area contributed by atoms with Gasteiger partial charge in [0.15, 0.2) is 0 Å². The van der Waals surface area contributed by atoms with Crippen molar-refractivity contribution in [2.75, 3.05) is 5.32 Å². The number of ether oxygens (including phenoxy) is 1. The van der Waals surface area contributed by atoms with E-state index in [9.17, 15) is 4.79 Å². The van der Waals surface area contributed by atoms with Crippen molar-refractivity contribution in [3.63, 3.8) is 0 Å². The molecule has 1 N–H and O–H groups in total. The molecule has 0 atom stereocenters. The molecule has 0 unspecified atom stereocenters. The van der Waals surface area contributed by atoms with E-state index in [4.69, 9.17) is 4.74 Å². The monoisotopic (exact) mass is 443 g/mol. The SMILES string of the molecule is Cc1ccc2cc(NC(=O)c3cccc(OCc4ccc([As])nc4)c3)ccc2n1. The number of nitrogens with one attached hydrogen (secondary N) is 1. The third-order valence-corrected chi connectivity index (χ3v) is 4.95. The molecule has 29 heavy (non-hydrogen) atoms. The third-order valence-electron chi connectivity index (χ3n) is 4.40. The molecule has 0 fully saturated rings.